The minimum absolute atomic E-state index is 0.0539. The molecule has 1 atom stereocenters. The van der Waals surface area contributed by atoms with Crippen LogP contribution in [0.2, 0.25) is 0 Å². The van der Waals surface area contributed by atoms with Crippen molar-refractivity contribution in [1.29, 1.82) is 0 Å². The number of amides is 1. The largest absolute Gasteiger partial charge is 0.310 e. The van der Waals surface area contributed by atoms with E-state index in [0.717, 1.165) is 6.42 Å². The quantitative estimate of drug-likeness (QED) is 0.776. The SMILES string of the molecule is CCC(Br)C(=O)Nc1ccn[nH]1. The molecule has 0 saturated carbocycles. The maximum atomic E-state index is 11.2. The topological polar surface area (TPSA) is 57.8 Å². The molecular formula is C7H10BrN3O. The molecule has 2 N–H and O–H groups in total. The van der Waals surface area contributed by atoms with E-state index in [4.69, 9.17) is 0 Å². The molecule has 0 saturated heterocycles. The zero-order valence-electron chi connectivity index (χ0n) is 6.67. The van der Waals surface area contributed by atoms with Gasteiger partial charge in [-0.05, 0) is 6.42 Å². The van der Waals surface area contributed by atoms with Crippen molar-refractivity contribution < 1.29 is 4.79 Å². The van der Waals surface area contributed by atoms with Crippen LogP contribution in [0.3, 0.4) is 0 Å². The number of H-pyrrole nitrogens is 1. The number of nitrogens with one attached hydrogen (secondary N) is 2. The number of aromatic amines is 1. The minimum Gasteiger partial charge on any atom is -0.310 e. The number of halogens is 1. The molecule has 1 amide bonds. The lowest BCUT2D eigenvalue weighted by molar-refractivity contribution is -0.115. The lowest BCUT2D eigenvalue weighted by atomic mass is 10.3. The van der Waals surface area contributed by atoms with Gasteiger partial charge in [-0.15, -0.1) is 0 Å². The predicted octanol–water partition coefficient (Wildman–Crippen LogP) is 1.52. The Morgan fingerprint density at radius 3 is 3.17 bits per heavy atom. The van der Waals surface area contributed by atoms with Gasteiger partial charge < -0.3 is 5.32 Å². The third kappa shape index (κ3) is 2.34. The van der Waals surface area contributed by atoms with Gasteiger partial charge in [0.15, 0.2) is 0 Å². The predicted molar refractivity (Wildman–Crippen MR) is 50.2 cm³/mol. The lowest BCUT2D eigenvalue weighted by Gasteiger charge is -2.05. The van der Waals surface area contributed by atoms with Crippen LogP contribution in [0, 0.1) is 0 Å². The highest BCUT2D eigenvalue weighted by Crippen LogP contribution is 2.07. The van der Waals surface area contributed by atoms with E-state index in [9.17, 15) is 4.79 Å². The Balaban J connectivity index is 2.47. The van der Waals surface area contributed by atoms with Crippen LogP contribution in [0.5, 0.6) is 0 Å². The van der Waals surface area contributed by atoms with Gasteiger partial charge >= 0.3 is 0 Å². The van der Waals surface area contributed by atoms with Gasteiger partial charge in [0, 0.05) is 6.07 Å². The average Bonchev–Trinajstić information content (AvgIpc) is 2.55. The summed E-state index contributed by atoms with van der Waals surface area (Å²) in [5.41, 5.74) is 0. The number of anilines is 1. The second-order valence-corrected chi connectivity index (χ2v) is 3.44. The molecule has 0 aromatic carbocycles. The van der Waals surface area contributed by atoms with E-state index in [0.29, 0.717) is 5.82 Å². The molecule has 0 aliphatic heterocycles. The molecule has 66 valence electrons. The molecule has 0 aliphatic carbocycles. The fraction of sp³-hybridized carbons (Fsp3) is 0.429. The van der Waals surface area contributed by atoms with Crippen LogP contribution in [-0.2, 0) is 4.79 Å². The lowest BCUT2D eigenvalue weighted by Crippen LogP contribution is -2.22. The van der Waals surface area contributed by atoms with Gasteiger partial charge in [0.05, 0.1) is 11.0 Å². The van der Waals surface area contributed by atoms with E-state index in [2.05, 4.69) is 31.4 Å². The van der Waals surface area contributed by atoms with Crippen LogP contribution in [0.25, 0.3) is 0 Å². The third-order valence-electron chi connectivity index (χ3n) is 1.40. The first-order valence-electron chi connectivity index (χ1n) is 3.68. The molecule has 1 rings (SSSR count). The highest BCUT2D eigenvalue weighted by Gasteiger charge is 2.12. The number of hydrogen-bond donors (Lipinski definition) is 2. The number of aromatic nitrogens is 2. The summed E-state index contributed by atoms with van der Waals surface area (Å²) in [7, 11) is 0. The Morgan fingerprint density at radius 2 is 2.67 bits per heavy atom. The smallest absolute Gasteiger partial charge is 0.239 e. The Hall–Kier alpha value is -0.840. The summed E-state index contributed by atoms with van der Waals surface area (Å²) in [4.78, 5) is 11.1. The van der Waals surface area contributed by atoms with E-state index in [1.807, 2.05) is 6.92 Å². The van der Waals surface area contributed by atoms with E-state index in [1.165, 1.54) is 0 Å². The highest BCUT2D eigenvalue weighted by molar-refractivity contribution is 9.10. The van der Waals surface area contributed by atoms with Crippen LogP contribution in [0.4, 0.5) is 5.82 Å². The van der Waals surface area contributed by atoms with Gasteiger partial charge in [0.2, 0.25) is 5.91 Å². The van der Waals surface area contributed by atoms with Crippen LogP contribution >= 0.6 is 15.9 Å². The van der Waals surface area contributed by atoms with Crippen molar-refractivity contribution in [3.05, 3.63) is 12.3 Å². The standard InChI is InChI=1S/C7H10BrN3O/c1-2-5(8)7(12)10-6-3-4-9-11-6/h3-5H,2H2,1H3,(H2,9,10,11,12). The van der Waals surface area contributed by atoms with Crippen molar-refractivity contribution >= 4 is 27.7 Å². The Labute approximate surface area is 78.9 Å². The van der Waals surface area contributed by atoms with Crippen LogP contribution in [-0.4, -0.2) is 20.9 Å². The van der Waals surface area contributed by atoms with Crippen LogP contribution in [0.15, 0.2) is 12.3 Å². The molecule has 0 radical (unpaired) electrons. The molecule has 0 fully saturated rings. The zero-order chi connectivity index (χ0) is 8.97. The minimum atomic E-state index is -0.138. The average molecular weight is 232 g/mol. The van der Waals surface area contributed by atoms with Gasteiger partial charge in [-0.1, -0.05) is 22.9 Å². The normalized spacial score (nSPS) is 12.5. The molecular weight excluding hydrogens is 222 g/mol. The summed E-state index contributed by atoms with van der Waals surface area (Å²) in [5, 5.41) is 9.02. The number of nitrogens with zero attached hydrogens (tertiary/aromatic N) is 1. The first-order valence-corrected chi connectivity index (χ1v) is 4.60. The fourth-order valence-electron chi connectivity index (χ4n) is 0.722. The third-order valence-corrected chi connectivity index (χ3v) is 2.46. The monoisotopic (exact) mass is 231 g/mol. The van der Waals surface area contributed by atoms with Gasteiger partial charge in [-0.3, -0.25) is 9.89 Å². The first kappa shape index (κ1) is 9.25. The van der Waals surface area contributed by atoms with Crippen molar-refractivity contribution in [2.45, 2.75) is 18.2 Å². The molecule has 12 heavy (non-hydrogen) atoms. The number of rotatable bonds is 3. The number of carbonyl (C=O) groups excluding carboxylic acids is 1. The van der Waals surface area contributed by atoms with Gasteiger partial charge in [0.25, 0.3) is 0 Å². The van der Waals surface area contributed by atoms with E-state index < -0.39 is 0 Å². The highest BCUT2D eigenvalue weighted by atomic mass is 79.9. The Kier molecular flexibility index (Phi) is 3.28. The molecule has 0 bridgehead atoms. The van der Waals surface area contributed by atoms with Crippen molar-refractivity contribution in [1.82, 2.24) is 10.2 Å². The maximum absolute atomic E-state index is 11.2. The van der Waals surface area contributed by atoms with Crippen LogP contribution in [0.1, 0.15) is 13.3 Å². The number of carbonyl (C=O) groups is 1. The molecule has 0 spiro atoms. The molecule has 1 unspecified atom stereocenters. The van der Waals surface area contributed by atoms with Crippen molar-refractivity contribution in [3.8, 4) is 0 Å². The molecule has 0 aliphatic rings. The maximum Gasteiger partial charge on any atom is 0.239 e. The summed E-state index contributed by atoms with van der Waals surface area (Å²) >= 11 is 3.24. The van der Waals surface area contributed by atoms with Gasteiger partial charge in [-0.2, -0.15) is 5.10 Å². The van der Waals surface area contributed by atoms with E-state index in [1.54, 1.807) is 12.3 Å². The molecule has 5 heteroatoms. The molecule has 1 aromatic rings. The van der Waals surface area contributed by atoms with Crippen molar-refractivity contribution in [3.63, 3.8) is 0 Å². The second kappa shape index (κ2) is 4.25. The number of alkyl halides is 1. The number of hydrogen-bond acceptors (Lipinski definition) is 2. The van der Waals surface area contributed by atoms with Gasteiger partial charge in [-0.25, -0.2) is 0 Å². The summed E-state index contributed by atoms with van der Waals surface area (Å²) in [6, 6.07) is 1.70. The summed E-state index contributed by atoms with van der Waals surface area (Å²) in [5.74, 6) is 0.569. The van der Waals surface area contributed by atoms with E-state index >= 15 is 0 Å². The van der Waals surface area contributed by atoms with E-state index in [-0.39, 0.29) is 10.7 Å². The van der Waals surface area contributed by atoms with Crippen molar-refractivity contribution in [2.24, 2.45) is 0 Å². The summed E-state index contributed by atoms with van der Waals surface area (Å²) in [6.45, 7) is 1.94. The second-order valence-electron chi connectivity index (χ2n) is 2.34. The molecule has 4 nitrogen and oxygen atoms in total. The van der Waals surface area contributed by atoms with Gasteiger partial charge in [0.1, 0.15) is 5.82 Å². The van der Waals surface area contributed by atoms with Crippen molar-refractivity contribution in [2.75, 3.05) is 5.32 Å². The Bertz CT molecular complexity index is 247. The molecule has 1 heterocycles. The summed E-state index contributed by atoms with van der Waals surface area (Å²) in [6.07, 6.45) is 2.35. The van der Waals surface area contributed by atoms with Crippen LogP contribution < -0.4 is 5.32 Å². The Morgan fingerprint density at radius 1 is 1.92 bits per heavy atom. The molecule has 1 aromatic heterocycles. The summed E-state index contributed by atoms with van der Waals surface area (Å²) < 4.78 is 0. The first-order chi connectivity index (χ1) is 5.74. The zero-order valence-corrected chi connectivity index (χ0v) is 8.26. The fourth-order valence-corrected chi connectivity index (χ4v) is 0.836.